The average Bonchev–Trinajstić information content (AvgIpc) is 3.03. The molecule has 3 aromatic rings. The minimum Gasteiger partial charge on any atom is -0.338 e. The highest BCUT2D eigenvalue weighted by Crippen LogP contribution is 2.23. The van der Waals surface area contributed by atoms with Gasteiger partial charge in [-0.1, -0.05) is 28.9 Å². The molecule has 0 unspecified atom stereocenters. The lowest BCUT2D eigenvalue weighted by atomic mass is 10.2. The lowest BCUT2D eigenvalue weighted by Crippen LogP contribution is -2.27. The predicted octanol–water partition coefficient (Wildman–Crippen LogP) is 3.66. The molecular weight excluding hydrogens is 381 g/mol. The van der Waals surface area contributed by atoms with Crippen molar-refractivity contribution in [2.24, 2.45) is 0 Å². The Morgan fingerprint density at radius 1 is 1.23 bits per heavy atom. The van der Waals surface area contributed by atoms with Crippen molar-refractivity contribution in [1.82, 2.24) is 14.4 Å². The van der Waals surface area contributed by atoms with Crippen molar-refractivity contribution >= 4 is 21.6 Å². The van der Waals surface area contributed by atoms with Crippen molar-refractivity contribution in [2.45, 2.75) is 18.4 Å². The molecule has 0 aliphatic carbocycles. The van der Waals surface area contributed by atoms with Crippen molar-refractivity contribution in [2.75, 3.05) is 7.05 Å². The van der Waals surface area contributed by atoms with E-state index in [1.54, 1.807) is 24.3 Å². The fourth-order valence-electron chi connectivity index (χ4n) is 2.41. The van der Waals surface area contributed by atoms with Crippen LogP contribution in [0.4, 0.5) is 4.39 Å². The van der Waals surface area contributed by atoms with Gasteiger partial charge < -0.3 is 4.52 Å². The van der Waals surface area contributed by atoms with Crippen molar-refractivity contribution in [3.05, 3.63) is 64.8 Å². The third-order valence-electron chi connectivity index (χ3n) is 3.73. The minimum atomic E-state index is -3.83. The summed E-state index contributed by atoms with van der Waals surface area (Å²) in [5, 5.41) is 4.38. The molecule has 9 heteroatoms. The summed E-state index contributed by atoms with van der Waals surface area (Å²) in [6.45, 7) is 1.42. The zero-order chi connectivity index (χ0) is 18.9. The first kappa shape index (κ1) is 18.5. The largest absolute Gasteiger partial charge is 0.338 e. The molecule has 0 aliphatic heterocycles. The Morgan fingerprint density at radius 2 is 2.00 bits per heavy atom. The third kappa shape index (κ3) is 3.77. The summed E-state index contributed by atoms with van der Waals surface area (Å²) in [6.07, 6.45) is 0. The van der Waals surface area contributed by atoms with E-state index in [1.807, 2.05) is 0 Å². The number of hydrogen-bond acceptors (Lipinski definition) is 5. The maximum absolute atomic E-state index is 13.2. The van der Waals surface area contributed by atoms with Crippen molar-refractivity contribution in [3.8, 4) is 11.4 Å². The Labute approximate surface area is 155 Å². The number of benzene rings is 2. The molecule has 3 rings (SSSR count). The van der Waals surface area contributed by atoms with Crippen molar-refractivity contribution < 1.29 is 17.3 Å². The third-order valence-corrected chi connectivity index (χ3v) is 5.93. The lowest BCUT2D eigenvalue weighted by molar-refractivity contribution is 0.336. The van der Waals surface area contributed by atoms with Gasteiger partial charge in [0.05, 0.1) is 11.4 Å². The molecule has 0 amide bonds. The van der Waals surface area contributed by atoms with E-state index in [9.17, 15) is 12.8 Å². The maximum atomic E-state index is 13.2. The Morgan fingerprint density at radius 3 is 2.69 bits per heavy atom. The quantitative estimate of drug-likeness (QED) is 0.659. The molecule has 26 heavy (non-hydrogen) atoms. The highest BCUT2D eigenvalue weighted by atomic mass is 35.5. The van der Waals surface area contributed by atoms with E-state index in [4.69, 9.17) is 16.1 Å². The van der Waals surface area contributed by atoms with Gasteiger partial charge in [0.2, 0.25) is 21.7 Å². The Balaban J connectivity index is 1.83. The van der Waals surface area contributed by atoms with E-state index in [1.165, 1.54) is 26.1 Å². The smallest absolute Gasteiger partial charge is 0.243 e. The Kier molecular flexibility index (Phi) is 5.08. The molecule has 0 aliphatic rings. The topological polar surface area (TPSA) is 76.3 Å². The molecule has 136 valence electrons. The average molecular weight is 396 g/mol. The summed E-state index contributed by atoms with van der Waals surface area (Å²) >= 11 is 5.94. The van der Waals surface area contributed by atoms with Gasteiger partial charge in [-0.3, -0.25) is 0 Å². The first-order valence-electron chi connectivity index (χ1n) is 7.58. The van der Waals surface area contributed by atoms with E-state index >= 15 is 0 Å². The van der Waals surface area contributed by atoms with Gasteiger partial charge >= 0.3 is 0 Å². The molecule has 6 nitrogen and oxygen atoms in total. The number of halogens is 2. The fraction of sp³-hybridized carbons (Fsp3) is 0.176. The van der Waals surface area contributed by atoms with Crippen molar-refractivity contribution in [3.63, 3.8) is 0 Å². The van der Waals surface area contributed by atoms with Crippen LogP contribution in [0.2, 0.25) is 5.02 Å². The first-order valence-corrected chi connectivity index (χ1v) is 9.40. The van der Waals surface area contributed by atoms with Gasteiger partial charge in [0, 0.05) is 17.6 Å². The maximum Gasteiger partial charge on any atom is 0.243 e. The highest BCUT2D eigenvalue weighted by molar-refractivity contribution is 7.89. The number of sulfonamides is 1. The van der Waals surface area contributed by atoms with Crippen LogP contribution in [0.25, 0.3) is 11.4 Å². The first-order chi connectivity index (χ1) is 12.3. The Hall–Kier alpha value is -2.29. The summed E-state index contributed by atoms with van der Waals surface area (Å²) in [5.74, 6) is -0.0516. The van der Waals surface area contributed by atoms with Crippen molar-refractivity contribution in [1.29, 1.82) is 0 Å². The molecule has 0 bridgehead atoms. The summed E-state index contributed by atoms with van der Waals surface area (Å²) in [5.41, 5.74) is 0.981. The molecule has 1 heterocycles. The van der Waals surface area contributed by atoms with Crippen LogP contribution in [-0.4, -0.2) is 29.9 Å². The number of rotatable bonds is 5. The van der Waals surface area contributed by atoms with Crippen LogP contribution in [-0.2, 0) is 16.6 Å². The molecule has 0 fully saturated rings. The summed E-state index contributed by atoms with van der Waals surface area (Å²) in [6, 6.07) is 10.4. The molecule has 0 N–H and O–H groups in total. The van der Waals surface area contributed by atoms with Gasteiger partial charge in [-0.15, -0.1) is 0 Å². The molecule has 0 spiro atoms. The second kappa shape index (κ2) is 7.14. The van der Waals surface area contributed by atoms with E-state index in [0.717, 1.165) is 10.4 Å². The number of aromatic nitrogens is 2. The molecule has 0 saturated carbocycles. The van der Waals surface area contributed by atoms with Gasteiger partial charge in [0.1, 0.15) is 5.82 Å². The van der Waals surface area contributed by atoms with E-state index in [0.29, 0.717) is 22.0 Å². The van der Waals surface area contributed by atoms with E-state index in [2.05, 4.69) is 10.1 Å². The van der Waals surface area contributed by atoms with Gasteiger partial charge in [-0.25, -0.2) is 12.8 Å². The van der Waals surface area contributed by atoms with E-state index < -0.39 is 15.8 Å². The molecular formula is C17H15ClFN3O3S. The Bertz CT molecular complexity index is 1050. The summed E-state index contributed by atoms with van der Waals surface area (Å²) < 4.78 is 44.8. The normalized spacial score (nSPS) is 11.9. The standard InChI is InChI=1S/C17H15ClFN3O3S/c1-11-8-14(19)6-7-15(11)26(23,24)22(2)10-16-20-17(21-25-16)12-4-3-5-13(18)9-12/h3-9H,10H2,1-2H3. The molecule has 0 saturated heterocycles. The van der Waals surface area contributed by atoms with Gasteiger partial charge in [0.15, 0.2) is 0 Å². The van der Waals surface area contributed by atoms with Crippen LogP contribution in [0.1, 0.15) is 11.5 Å². The van der Waals surface area contributed by atoms with Crippen LogP contribution in [0.5, 0.6) is 0 Å². The minimum absolute atomic E-state index is 0.0241. The van der Waals surface area contributed by atoms with Crippen LogP contribution in [0, 0.1) is 12.7 Å². The van der Waals surface area contributed by atoms with Crippen LogP contribution >= 0.6 is 11.6 Å². The zero-order valence-corrected chi connectivity index (χ0v) is 15.6. The predicted molar refractivity (Wildman–Crippen MR) is 94.5 cm³/mol. The van der Waals surface area contributed by atoms with Crippen LogP contribution in [0.15, 0.2) is 51.9 Å². The number of nitrogens with zero attached hydrogens (tertiary/aromatic N) is 3. The van der Waals surface area contributed by atoms with E-state index in [-0.39, 0.29) is 17.3 Å². The summed E-state index contributed by atoms with van der Waals surface area (Å²) in [7, 11) is -2.44. The molecule has 1 aromatic heterocycles. The van der Waals surface area contributed by atoms with Crippen LogP contribution in [0.3, 0.4) is 0 Å². The zero-order valence-electron chi connectivity index (χ0n) is 14.0. The van der Waals surface area contributed by atoms with Gasteiger partial charge in [-0.05, 0) is 42.8 Å². The molecule has 2 aromatic carbocycles. The monoisotopic (exact) mass is 395 g/mol. The number of aryl methyl sites for hydroxylation is 1. The van der Waals surface area contributed by atoms with Crippen LogP contribution < -0.4 is 0 Å². The molecule has 0 radical (unpaired) electrons. The summed E-state index contributed by atoms with van der Waals surface area (Å²) in [4.78, 5) is 4.23. The van der Waals surface area contributed by atoms with Gasteiger partial charge in [0.25, 0.3) is 0 Å². The molecule has 0 atom stereocenters. The highest BCUT2D eigenvalue weighted by Gasteiger charge is 2.25. The lowest BCUT2D eigenvalue weighted by Gasteiger charge is -2.16. The number of hydrogen-bond donors (Lipinski definition) is 0. The fourth-order valence-corrected chi connectivity index (χ4v) is 3.92. The van der Waals surface area contributed by atoms with Gasteiger partial charge in [-0.2, -0.15) is 9.29 Å². The second-order valence-electron chi connectivity index (χ2n) is 5.69. The second-order valence-corrected chi connectivity index (χ2v) is 8.14. The SMILES string of the molecule is Cc1cc(F)ccc1S(=O)(=O)N(C)Cc1nc(-c2cccc(Cl)c2)no1.